The number of benzene rings is 1. The SMILES string of the molecule is CN(Cc1csc(Br)c1)c1cccc(CN)c1. The van der Waals surface area contributed by atoms with E-state index in [1.807, 2.05) is 0 Å². The third-order valence-corrected chi connectivity index (χ3v) is 4.18. The Morgan fingerprint density at radius 3 is 2.76 bits per heavy atom. The van der Waals surface area contributed by atoms with E-state index in [0.29, 0.717) is 6.54 Å². The molecule has 0 aliphatic carbocycles. The van der Waals surface area contributed by atoms with Gasteiger partial charge in [0.1, 0.15) is 0 Å². The van der Waals surface area contributed by atoms with Crippen LogP contribution in [0.2, 0.25) is 0 Å². The van der Waals surface area contributed by atoms with Crippen LogP contribution in [0, 0.1) is 0 Å². The third kappa shape index (κ3) is 3.31. The predicted octanol–water partition coefficient (Wildman–Crippen LogP) is 3.61. The molecular weight excluding hydrogens is 296 g/mol. The van der Waals surface area contributed by atoms with Crippen molar-refractivity contribution in [1.82, 2.24) is 0 Å². The minimum atomic E-state index is 0.589. The number of hydrogen-bond acceptors (Lipinski definition) is 3. The van der Waals surface area contributed by atoms with Crippen molar-refractivity contribution < 1.29 is 0 Å². The molecule has 0 atom stereocenters. The number of thiophene rings is 1. The van der Waals surface area contributed by atoms with Crippen LogP contribution in [0.15, 0.2) is 39.5 Å². The maximum Gasteiger partial charge on any atom is 0.0701 e. The Labute approximate surface area is 114 Å². The fraction of sp³-hybridized carbons (Fsp3) is 0.231. The Bertz CT molecular complexity index is 496. The van der Waals surface area contributed by atoms with Crippen molar-refractivity contribution in [2.24, 2.45) is 5.73 Å². The van der Waals surface area contributed by atoms with Crippen LogP contribution in [0.25, 0.3) is 0 Å². The summed E-state index contributed by atoms with van der Waals surface area (Å²) >= 11 is 5.20. The zero-order chi connectivity index (χ0) is 12.3. The second kappa shape index (κ2) is 5.67. The van der Waals surface area contributed by atoms with Crippen molar-refractivity contribution in [3.8, 4) is 0 Å². The third-order valence-electron chi connectivity index (χ3n) is 2.63. The van der Waals surface area contributed by atoms with E-state index in [0.717, 1.165) is 6.54 Å². The minimum absolute atomic E-state index is 0.589. The normalized spacial score (nSPS) is 10.5. The summed E-state index contributed by atoms with van der Waals surface area (Å²) in [6, 6.07) is 10.5. The van der Waals surface area contributed by atoms with Crippen LogP contribution >= 0.6 is 27.3 Å². The van der Waals surface area contributed by atoms with E-state index < -0.39 is 0 Å². The van der Waals surface area contributed by atoms with Gasteiger partial charge in [-0.05, 0) is 50.6 Å². The Balaban J connectivity index is 2.11. The Kier molecular flexibility index (Phi) is 4.20. The van der Waals surface area contributed by atoms with Crippen molar-refractivity contribution in [2.75, 3.05) is 11.9 Å². The monoisotopic (exact) mass is 310 g/mol. The highest BCUT2D eigenvalue weighted by atomic mass is 79.9. The first-order chi connectivity index (χ1) is 8.19. The molecule has 0 radical (unpaired) electrons. The summed E-state index contributed by atoms with van der Waals surface area (Å²) < 4.78 is 1.18. The lowest BCUT2D eigenvalue weighted by Gasteiger charge is -2.19. The molecule has 0 aliphatic heterocycles. The number of hydrogen-bond donors (Lipinski definition) is 1. The van der Waals surface area contributed by atoms with Gasteiger partial charge < -0.3 is 10.6 Å². The van der Waals surface area contributed by atoms with Gasteiger partial charge in [-0.1, -0.05) is 12.1 Å². The maximum atomic E-state index is 5.65. The molecule has 2 rings (SSSR count). The van der Waals surface area contributed by atoms with Crippen molar-refractivity contribution in [1.29, 1.82) is 0 Å². The number of nitrogens with two attached hydrogens (primary N) is 1. The van der Waals surface area contributed by atoms with Crippen molar-refractivity contribution in [3.05, 3.63) is 50.6 Å². The van der Waals surface area contributed by atoms with Gasteiger partial charge in [0.05, 0.1) is 3.79 Å². The second-order valence-electron chi connectivity index (χ2n) is 3.99. The van der Waals surface area contributed by atoms with E-state index >= 15 is 0 Å². The highest BCUT2D eigenvalue weighted by Gasteiger charge is 2.04. The molecule has 17 heavy (non-hydrogen) atoms. The minimum Gasteiger partial charge on any atom is -0.370 e. The van der Waals surface area contributed by atoms with Crippen LogP contribution < -0.4 is 10.6 Å². The molecule has 0 saturated heterocycles. The standard InChI is InChI=1S/C13H15BrN2S/c1-16(8-11-6-13(14)17-9-11)12-4-2-3-10(5-12)7-15/h2-6,9H,7-8,15H2,1H3. The highest BCUT2D eigenvalue weighted by Crippen LogP contribution is 2.23. The van der Waals surface area contributed by atoms with Crippen LogP contribution in [-0.4, -0.2) is 7.05 Å². The molecule has 0 fully saturated rings. The molecule has 0 spiro atoms. The lowest BCUT2D eigenvalue weighted by Crippen LogP contribution is -2.16. The lowest BCUT2D eigenvalue weighted by molar-refractivity contribution is 0.923. The zero-order valence-electron chi connectivity index (χ0n) is 9.69. The summed E-state index contributed by atoms with van der Waals surface area (Å²) in [5.41, 5.74) is 9.34. The molecule has 0 bridgehead atoms. The topological polar surface area (TPSA) is 29.3 Å². The van der Waals surface area contributed by atoms with Crippen LogP contribution in [0.4, 0.5) is 5.69 Å². The summed E-state index contributed by atoms with van der Waals surface area (Å²) in [5, 5.41) is 2.17. The summed E-state index contributed by atoms with van der Waals surface area (Å²) in [4.78, 5) is 2.23. The molecule has 0 saturated carbocycles. The molecule has 4 heteroatoms. The van der Waals surface area contributed by atoms with Gasteiger partial charge in [-0.15, -0.1) is 11.3 Å². The quantitative estimate of drug-likeness (QED) is 0.935. The average molecular weight is 311 g/mol. The zero-order valence-corrected chi connectivity index (χ0v) is 12.1. The van der Waals surface area contributed by atoms with E-state index in [9.17, 15) is 0 Å². The van der Waals surface area contributed by atoms with Crippen molar-refractivity contribution in [3.63, 3.8) is 0 Å². The lowest BCUT2D eigenvalue weighted by atomic mass is 10.2. The van der Waals surface area contributed by atoms with E-state index in [2.05, 4.69) is 63.6 Å². The Hall–Kier alpha value is -0.840. The first-order valence-electron chi connectivity index (χ1n) is 5.42. The molecular formula is C13H15BrN2S. The Morgan fingerprint density at radius 2 is 2.12 bits per heavy atom. The molecule has 0 aliphatic rings. The van der Waals surface area contributed by atoms with Crippen LogP contribution in [0.5, 0.6) is 0 Å². The van der Waals surface area contributed by atoms with Gasteiger partial charge in [-0.3, -0.25) is 0 Å². The van der Waals surface area contributed by atoms with Gasteiger partial charge in [-0.2, -0.15) is 0 Å². The van der Waals surface area contributed by atoms with E-state index in [1.165, 1.54) is 20.6 Å². The molecule has 0 unspecified atom stereocenters. The number of halogens is 1. The smallest absolute Gasteiger partial charge is 0.0701 e. The summed E-state index contributed by atoms with van der Waals surface area (Å²) in [5.74, 6) is 0. The first-order valence-corrected chi connectivity index (χ1v) is 7.09. The fourth-order valence-corrected chi connectivity index (χ4v) is 2.92. The fourth-order valence-electron chi connectivity index (χ4n) is 1.71. The van der Waals surface area contributed by atoms with Crippen molar-refractivity contribution in [2.45, 2.75) is 13.1 Å². The van der Waals surface area contributed by atoms with Gasteiger partial charge in [-0.25, -0.2) is 0 Å². The van der Waals surface area contributed by atoms with E-state index in [-0.39, 0.29) is 0 Å². The van der Waals surface area contributed by atoms with Crippen molar-refractivity contribution >= 4 is 33.0 Å². The molecule has 2 aromatic rings. The molecule has 1 heterocycles. The largest absolute Gasteiger partial charge is 0.370 e. The second-order valence-corrected chi connectivity index (χ2v) is 6.28. The summed E-state index contributed by atoms with van der Waals surface area (Å²) in [6.07, 6.45) is 0. The van der Waals surface area contributed by atoms with E-state index in [1.54, 1.807) is 11.3 Å². The van der Waals surface area contributed by atoms with Gasteiger partial charge in [0, 0.05) is 25.8 Å². The maximum absolute atomic E-state index is 5.65. The van der Waals surface area contributed by atoms with E-state index in [4.69, 9.17) is 5.73 Å². The Morgan fingerprint density at radius 1 is 1.29 bits per heavy atom. The van der Waals surface area contributed by atoms with Crippen LogP contribution in [0.1, 0.15) is 11.1 Å². The summed E-state index contributed by atoms with van der Waals surface area (Å²) in [6.45, 7) is 1.50. The number of nitrogens with zero attached hydrogens (tertiary/aromatic N) is 1. The predicted molar refractivity (Wildman–Crippen MR) is 78.5 cm³/mol. The molecule has 2 N–H and O–H groups in total. The number of rotatable bonds is 4. The molecule has 2 nitrogen and oxygen atoms in total. The summed E-state index contributed by atoms with van der Waals surface area (Å²) in [7, 11) is 2.10. The number of anilines is 1. The average Bonchev–Trinajstić information content (AvgIpc) is 2.75. The first kappa shape index (κ1) is 12.6. The molecule has 1 aromatic carbocycles. The van der Waals surface area contributed by atoms with Gasteiger partial charge >= 0.3 is 0 Å². The molecule has 90 valence electrons. The van der Waals surface area contributed by atoms with Gasteiger partial charge in [0.25, 0.3) is 0 Å². The van der Waals surface area contributed by atoms with Gasteiger partial charge in [0.2, 0.25) is 0 Å². The molecule has 0 amide bonds. The molecule has 1 aromatic heterocycles. The van der Waals surface area contributed by atoms with Gasteiger partial charge in [0.15, 0.2) is 0 Å². The van der Waals surface area contributed by atoms with Crippen LogP contribution in [-0.2, 0) is 13.1 Å². The van der Waals surface area contributed by atoms with Crippen LogP contribution in [0.3, 0.4) is 0 Å². The highest BCUT2D eigenvalue weighted by molar-refractivity contribution is 9.11.